The molecule has 0 bridgehead atoms. The molecular formula is C31H38O4. The number of ketones is 2. The van der Waals surface area contributed by atoms with Gasteiger partial charge in [-0.2, -0.15) is 0 Å². The van der Waals surface area contributed by atoms with Crippen LogP contribution in [0.4, 0.5) is 0 Å². The Morgan fingerprint density at radius 2 is 1.83 bits per heavy atom. The summed E-state index contributed by atoms with van der Waals surface area (Å²) in [6.07, 6.45) is 11.4. The van der Waals surface area contributed by atoms with Crippen molar-refractivity contribution in [2.75, 3.05) is 6.61 Å². The van der Waals surface area contributed by atoms with Crippen molar-refractivity contribution < 1.29 is 19.8 Å². The molecule has 0 amide bonds. The molecule has 1 aromatic carbocycles. The smallest absolute Gasteiger partial charge is 0.165 e. The summed E-state index contributed by atoms with van der Waals surface area (Å²) in [5.74, 6) is 1.79. The lowest BCUT2D eigenvalue weighted by Gasteiger charge is -2.55. The van der Waals surface area contributed by atoms with Crippen molar-refractivity contribution in [2.45, 2.75) is 89.1 Å². The van der Waals surface area contributed by atoms with Crippen LogP contribution < -0.4 is 0 Å². The first-order chi connectivity index (χ1) is 16.8. The quantitative estimate of drug-likeness (QED) is 0.520. The number of Topliss-reactive ketones (excluding diaryl/α,β-unsaturated/α-hetero) is 1. The molecule has 1 aromatic rings. The van der Waals surface area contributed by atoms with Crippen LogP contribution in [0.1, 0.15) is 99.4 Å². The van der Waals surface area contributed by atoms with Crippen LogP contribution in [0.5, 0.6) is 0 Å². The topological polar surface area (TPSA) is 74.6 Å². The van der Waals surface area contributed by atoms with Crippen LogP contribution >= 0.6 is 0 Å². The van der Waals surface area contributed by atoms with Gasteiger partial charge < -0.3 is 10.2 Å². The predicted octanol–water partition coefficient (Wildman–Crippen LogP) is 5.68. The van der Waals surface area contributed by atoms with Gasteiger partial charge in [-0.15, -0.1) is 0 Å². The predicted molar refractivity (Wildman–Crippen MR) is 135 cm³/mol. The van der Waals surface area contributed by atoms with Crippen molar-refractivity contribution in [3.63, 3.8) is 0 Å². The fourth-order valence-corrected chi connectivity index (χ4v) is 8.30. The van der Waals surface area contributed by atoms with E-state index in [4.69, 9.17) is 0 Å². The zero-order valence-corrected chi connectivity index (χ0v) is 20.9. The molecule has 2 N–H and O–H groups in total. The first-order valence-corrected chi connectivity index (χ1v) is 13.8. The van der Waals surface area contributed by atoms with E-state index in [0.717, 1.165) is 56.9 Å². The highest BCUT2D eigenvalue weighted by atomic mass is 16.3. The summed E-state index contributed by atoms with van der Waals surface area (Å²) >= 11 is 0. The molecule has 35 heavy (non-hydrogen) atoms. The number of carbonyl (C=O) groups is 2. The van der Waals surface area contributed by atoms with Gasteiger partial charge in [0.1, 0.15) is 0 Å². The molecule has 0 spiro atoms. The summed E-state index contributed by atoms with van der Waals surface area (Å²) in [4.78, 5) is 24.9. The van der Waals surface area contributed by atoms with Gasteiger partial charge in [0, 0.05) is 35.8 Å². The van der Waals surface area contributed by atoms with Crippen LogP contribution in [-0.4, -0.2) is 34.0 Å². The summed E-state index contributed by atoms with van der Waals surface area (Å²) in [7, 11) is 0. The molecule has 5 aliphatic carbocycles. The number of allylic oxidation sites excluding steroid dienone is 4. The maximum Gasteiger partial charge on any atom is 0.165 e. The van der Waals surface area contributed by atoms with Gasteiger partial charge in [0.15, 0.2) is 11.6 Å². The Kier molecular flexibility index (Phi) is 5.69. The molecular weight excluding hydrogens is 436 g/mol. The minimum atomic E-state index is -0.755. The molecule has 0 radical (unpaired) electrons. The summed E-state index contributed by atoms with van der Waals surface area (Å²) in [5, 5.41) is 21.5. The summed E-state index contributed by atoms with van der Waals surface area (Å²) < 4.78 is 0. The lowest BCUT2D eigenvalue weighted by atomic mass is 9.51. The number of hydrogen-bond donors (Lipinski definition) is 2. The molecule has 0 aliphatic heterocycles. The third-order valence-corrected chi connectivity index (χ3v) is 10.4. The van der Waals surface area contributed by atoms with E-state index in [2.05, 4.69) is 19.1 Å². The number of aliphatic hydroxyl groups excluding tert-OH is 1. The molecule has 5 aliphatic rings. The highest BCUT2D eigenvalue weighted by molar-refractivity contribution is 5.99. The van der Waals surface area contributed by atoms with Gasteiger partial charge in [-0.1, -0.05) is 36.8 Å². The molecule has 3 fully saturated rings. The number of aliphatic hydroxyl groups is 2. The average Bonchev–Trinajstić information content (AvgIpc) is 3.67. The van der Waals surface area contributed by atoms with Crippen LogP contribution in [0.3, 0.4) is 0 Å². The zero-order valence-electron chi connectivity index (χ0n) is 20.9. The van der Waals surface area contributed by atoms with Crippen LogP contribution in [0.25, 0.3) is 0 Å². The van der Waals surface area contributed by atoms with Crippen molar-refractivity contribution in [2.24, 2.45) is 23.2 Å². The van der Waals surface area contributed by atoms with Crippen LogP contribution in [0, 0.1) is 23.2 Å². The Bertz CT molecular complexity index is 1110. The van der Waals surface area contributed by atoms with E-state index in [1.165, 1.54) is 22.3 Å². The van der Waals surface area contributed by atoms with Crippen molar-refractivity contribution in [1.29, 1.82) is 0 Å². The Labute approximate surface area is 208 Å². The van der Waals surface area contributed by atoms with E-state index >= 15 is 0 Å². The van der Waals surface area contributed by atoms with E-state index in [9.17, 15) is 19.8 Å². The van der Waals surface area contributed by atoms with Gasteiger partial charge in [-0.3, -0.25) is 9.59 Å². The molecule has 4 nitrogen and oxygen atoms in total. The second kappa shape index (κ2) is 8.52. The minimum absolute atomic E-state index is 0.115. The molecule has 0 aromatic heterocycles. The van der Waals surface area contributed by atoms with Gasteiger partial charge in [-0.05, 0) is 98.8 Å². The zero-order chi connectivity index (χ0) is 24.4. The first-order valence-electron chi connectivity index (χ1n) is 13.8. The second-order valence-corrected chi connectivity index (χ2v) is 12.2. The van der Waals surface area contributed by atoms with E-state index in [1.807, 2.05) is 18.2 Å². The van der Waals surface area contributed by atoms with Crippen LogP contribution in [0.15, 0.2) is 47.1 Å². The Morgan fingerprint density at radius 3 is 2.54 bits per heavy atom. The molecule has 186 valence electrons. The maximum absolute atomic E-state index is 12.6. The van der Waals surface area contributed by atoms with Gasteiger partial charge in [-0.25, -0.2) is 0 Å². The third-order valence-electron chi connectivity index (χ3n) is 10.4. The number of rotatable bonds is 6. The van der Waals surface area contributed by atoms with Crippen LogP contribution in [0.2, 0.25) is 0 Å². The third kappa shape index (κ3) is 3.71. The van der Waals surface area contributed by atoms with Gasteiger partial charge in [0.05, 0.1) is 5.60 Å². The number of fused-ring (bicyclic) bond motifs is 4. The number of hydrogen-bond acceptors (Lipinski definition) is 4. The van der Waals surface area contributed by atoms with E-state index in [0.29, 0.717) is 31.1 Å². The standard InChI is InChI=1S/C31H38O4/c1-30-18-26(19-3-5-20(6-4-19)29(34)21-7-8-21)28-24-12-10-23(33)17-22(24)9-11-25(28)27(30)13-15-31(30,35)14-2-16-32/h3-6,17,21,25-27,32,35H,2,7-16,18H2,1H3/t25?,26-,27?,30+,31+/m1/s1. The average molecular weight is 475 g/mol. The van der Waals surface area contributed by atoms with Crippen LogP contribution in [-0.2, 0) is 4.79 Å². The summed E-state index contributed by atoms with van der Waals surface area (Å²) in [5.41, 5.74) is 5.26. The highest BCUT2D eigenvalue weighted by Crippen LogP contribution is 2.67. The van der Waals surface area contributed by atoms with Crippen molar-refractivity contribution in [3.05, 3.63) is 58.2 Å². The summed E-state index contributed by atoms with van der Waals surface area (Å²) in [6, 6.07) is 8.34. The first kappa shape index (κ1) is 23.4. The van der Waals surface area contributed by atoms with E-state index < -0.39 is 5.60 Å². The fraction of sp³-hybridized carbons (Fsp3) is 0.613. The van der Waals surface area contributed by atoms with Gasteiger partial charge in [0.2, 0.25) is 0 Å². The lowest BCUT2D eigenvalue weighted by molar-refractivity contribution is -0.114. The molecule has 0 heterocycles. The van der Waals surface area contributed by atoms with Gasteiger partial charge >= 0.3 is 0 Å². The van der Waals surface area contributed by atoms with Crippen molar-refractivity contribution >= 4 is 11.6 Å². The molecule has 4 heteroatoms. The maximum atomic E-state index is 12.6. The monoisotopic (exact) mass is 474 g/mol. The molecule has 0 saturated heterocycles. The molecule has 2 unspecified atom stereocenters. The highest BCUT2D eigenvalue weighted by Gasteiger charge is 2.62. The number of carbonyl (C=O) groups excluding carboxylic acids is 2. The molecule has 6 rings (SSSR count). The Morgan fingerprint density at radius 1 is 1.06 bits per heavy atom. The minimum Gasteiger partial charge on any atom is -0.396 e. The van der Waals surface area contributed by atoms with Gasteiger partial charge in [0.25, 0.3) is 0 Å². The Hall–Kier alpha value is -2.04. The van der Waals surface area contributed by atoms with Crippen molar-refractivity contribution in [1.82, 2.24) is 0 Å². The van der Waals surface area contributed by atoms with E-state index in [-0.39, 0.29) is 35.4 Å². The molecule has 5 atom stereocenters. The lowest BCUT2D eigenvalue weighted by Crippen LogP contribution is -2.51. The summed E-state index contributed by atoms with van der Waals surface area (Å²) in [6.45, 7) is 2.42. The van der Waals surface area contributed by atoms with Crippen molar-refractivity contribution in [3.8, 4) is 0 Å². The largest absolute Gasteiger partial charge is 0.396 e. The number of benzene rings is 1. The Balaban J connectivity index is 1.44. The molecule has 3 saturated carbocycles. The SMILES string of the molecule is C[C@]12C[C@H](c3ccc(C(=O)C4CC4)cc3)C3=C4CCC(=O)C=C4CCC3C1CC[C@@]2(O)CCCO. The fourth-order valence-electron chi connectivity index (χ4n) is 8.30. The normalized spacial score (nSPS) is 36.4. The second-order valence-electron chi connectivity index (χ2n) is 12.2. The van der Waals surface area contributed by atoms with E-state index in [1.54, 1.807) is 0 Å².